The molecule has 23 heavy (non-hydrogen) atoms. The van der Waals surface area contributed by atoms with Gasteiger partial charge in [0.15, 0.2) is 0 Å². The molecule has 1 aromatic heterocycles. The number of hydrogen-bond donors (Lipinski definition) is 1. The van der Waals surface area contributed by atoms with E-state index in [0.717, 1.165) is 17.7 Å². The molecule has 3 rings (SSSR count). The van der Waals surface area contributed by atoms with Crippen molar-refractivity contribution in [3.05, 3.63) is 88.2 Å². The minimum absolute atomic E-state index is 0.0859. The Bertz CT molecular complexity index is 783. The highest BCUT2D eigenvalue weighted by atomic mass is 16.6. The van der Waals surface area contributed by atoms with E-state index in [1.807, 2.05) is 41.2 Å². The second kappa shape index (κ2) is 6.74. The number of anilines is 1. The van der Waals surface area contributed by atoms with E-state index in [1.54, 1.807) is 24.4 Å². The number of para-hydroxylation sites is 2. The van der Waals surface area contributed by atoms with Gasteiger partial charge < -0.3 is 5.32 Å². The first-order valence-electron chi connectivity index (χ1n) is 7.25. The van der Waals surface area contributed by atoms with E-state index < -0.39 is 0 Å². The Balaban J connectivity index is 1.64. The van der Waals surface area contributed by atoms with E-state index in [2.05, 4.69) is 10.4 Å². The molecule has 116 valence electrons. The molecule has 0 aliphatic rings. The quantitative estimate of drug-likeness (QED) is 0.559. The molecular weight excluding hydrogens is 292 g/mol. The standard InChI is InChI=1S/C17H16N4O2/c22-21(23)17-5-2-1-4-16(17)18-12-14-6-8-15(9-7-14)13-20-11-3-10-19-20/h1-11,18H,12-13H2. The normalized spacial score (nSPS) is 10.4. The molecule has 0 fully saturated rings. The Kier molecular flexibility index (Phi) is 4.33. The van der Waals surface area contributed by atoms with Crippen molar-refractivity contribution in [1.82, 2.24) is 9.78 Å². The minimum Gasteiger partial charge on any atom is -0.375 e. The molecule has 1 N–H and O–H groups in total. The molecule has 0 saturated carbocycles. The van der Waals surface area contributed by atoms with E-state index >= 15 is 0 Å². The van der Waals surface area contributed by atoms with Crippen molar-refractivity contribution >= 4 is 11.4 Å². The van der Waals surface area contributed by atoms with Gasteiger partial charge in [-0.15, -0.1) is 0 Å². The van der Waals surface area contributed by atoms with Gasteiger partial charge in [-0.05, 0) is 23.3 Å². The van der Waals surface area contributed by atoms with Gasteiger partial charge in [0.05, 0.1) is 11.5 Å². The van der Waals surface area contributed by atoms with Crippen LogP contribution >= 0.6 is 0 Å². The average Bonchev–Trinajstić information content (AvgIpc) is 3.07. The lowest BCUT2D eigenvalue weighted by Gasteiger charge is -2.08. The van der Waals surface area contributed by atoms with Crippen LogP contribution in [-0.2, 0) is 13.1 Å². The fourth-order valence-electron chi connectivity index (χ4n) is 2.32. The molecule has 6 nitrogen and oxygen atoms in total. The van der Waals surface area contributed by atoms with Crippen LogP contribution in [0, 0.1) is 10.1 Å². The van der Waals surface area contributed by atoms with Crippen molar-refractivity contribution in [3.63, 3.8) is 0 Å². The Hall–Kier alpha value is -3.15. The molecule has 0 amide bonds. The summed E-state index contributed by atoms with van der Waals surface area (Å²) in [5, 5.41) is 18.3. The summed E-state index contributed by atoms with van der Waals surface area (Å²) in [7, 11) is 0. The number of hydrogen-bond acceptors (Lipinski definition) is 4. The number of nitro groups is 1. The number of nitrogens with zero attached hydrogens (tertiary/aromatic N) is 3. The van der Waals surface area contributed by atoms with Crippen LogP contribution in [-0.4, -0.2) is 14.7 Å². The number of nitro benzene ring substituents is 1. The molecule has 0 atom stereocenters. The highest BCUT2D eigenvalue weighted by Crippen LogP contribution is 2.23. The van der Waals surface area contributed by atoms with Gasteiger partial charge in [-0.1, -0.05) is 36.4 Å². The smallest absolute Gasteiger partial charge is 0.292 e. The van der Waals surface area contributed by atoms with Gasteiger partial charge in [0.1, 0.15) is 5.69 Å². The highest BCUT2D eigenvalue weighted by molar-refractivity contribution is 5.61. The van der Waals surface area contributed by atoms with Gasteiger partial charge in [-0.3, -0.25) is 14.8 Å². The molecule has 2 aromatic carbocycles. The maximum absolute atomic E-state index is 11.0. The fraction of sp³-hybridized carbons (Fsp3) is 0.118. The molecule has 3 aromatic rings. The molecule has 0 aliphatic carbocycles. The molecule has 6 heteroatoms. The van der Waals surface area contributed by atoms with Gasteiger partial charge >= 0.3 is 0 Å². The second-order valence-corrected chi connectivity index (χ2v) is 5.15. The summed E-state index contributed by atoms with van der Waals surface area (Å²) < 4.78 is 1.86. The van der Waals surface area contributed by atoms with Crippen LogP contribution < -0.4 is 5.32 Å². The van der Waals surface area contributed by atoms with Crippen LogP contribution in [0.3, 0.4) is 0 Å². The third-order valence-corrected chi connectivity index (χ3v) is 3.51. The summed E-state index contributed by atoms with van der Waals surface area (Å²) in [6, 6.07) is 16.7. The van der Waals surface area contributed by atoms with Crippen molar-refractivity contribution < 1.29 is 4.92 Å². The van der Waals surface area contributed by atoms with Crippen LogP contribution in [0.1, 0.15) is 11.1 Å². The molecule has 1 heterocycles. The van der Waals surface area contributed by atoms with E-state index in [9.17, 15) is 10.1 Å². The summed E-state index contributed by atoms with van der Waals surface area (Å²) in [5.74, 6) is 0. The van der Waals surface area contributed by atoms with Crippen LogP contribution in [0.5, 0.6) is 0 Å². The molecule has 0 saturated heterocycles. The van der Waals surface area contributed by atoms with E-state index in [0.29, 0.717) is 12.2 Å². The van der Waals surface area contributed by atoms with Crippen LogP contribution in [0.2, 0.25) is 0 Å². The van der Waals surface area contributed by atoms with Crippen molar-refractivity contribution in [2.75, 3.05) is 5.32 Å². The summed E-state index contributed by atoms with van der Waals surface area (Å²) in [5.41, 5.74) is 2.83. The zero-order chi connectivity index (χ0) is 16.1. The van der Waals surface area contributed by atoms with E-state index in [-0.39, 0.29) is 10.6 Å². The number of nitrogens with one attached hydrogen (secondary N) is 1. The average molecular weight is 308 g/mol. The van der Waals surface area contributed by atoms with Crippen LogP contribution in [0.4, 0.5) is 11.4 Å². The van der Waals surface area contributed by atoms with Crippen LogP contribution in [0.25, 0.3) is 0 Å². The first-order chi connectivity index (χ1) is 11.2. The number of benzene rings is 2. The molecule has 0 bridgehead atoms. The first kappa shape index (κ1) is 14.8. The predicted octanol–water partition coefficient (Wildman–Crippen LogP) is 3.45. The third kappa shape index (κ3) is 3.74. The molecule has 0 aliphatic heterocycles. The lowest BCUT2D eigenvalue weighted by molar-refractivity contribution is -0.384. The van der Waals surface area contributed by atoms with Gasteiger partial charge in [-0.25, -0.2) is 0 Å². The van der Waals surface area contributed by atoms with Gasteiger partial charge in [-0.2, -0.15) is 5.10 Å². The third-order valence-electron chi connectivity index (χ3n) is 3.51. The number of aromatic nitrogens is 2. The molecule has 0 unspecified atom stereocenters. The van der Waals surface area contributed by atoms with E-state index in [4.69, 9.17) is 0 Å². The molecular formula is C17H16N4O2. The SMILES string of the molecule is O=[N+]([O-])c1ccccc1NCc1ccc(Cn2cccn2)cc1. The Morgan fingerprint density at radius 1 is 1.04 bits per heavy atom. The van der Waals surface area contributed by atoms with E-state index in [1.165, 1.54) is 6.07 Å². The van der Waals surface area contributed by atoms with Gasteiger partial charge in [0.2, 0.25) is 0 Å². The van der Waals surface area contributed by atoms with Crippen molar-refractivity contribution in [2.45, 2.75) is 13.1 Å². The monoisotopic (exact) mass is 308 g/mol. The van der Waals surface area contributed by atoms with Gasteiger partial charge in [0, 0.05) is 25.0 Å². The topological polar surface area (TPSA) is 73.0 Å². The minimum atomic E-state index is -0.379. The highest BCUT2D eigenvalue weighted by Gasteiger charge is 2.11. The van der Waals surface area contributed by atoms with Crippen molar-refractivity contribution in [1.29, 1.82) is 0 Å². The maximum atomic E-state index is 11.0. The second-order valence-electron chi connectivity index (χ2n) is 5.15. The summed E-state index contributed by atoms with van der Waals surface area (Å²) >= 11 is 0. The summed E-state index contributed by atoms with van der Waals surface area (Å²) in [6.45, 7) is 1.26. The molecule has 0 radical (unpaired) electrons. The van der Waals surface area contributed by atoms with Gasteiger partial charge in [0.25, 0.3) is 5.69 Å². The Labute approximate surface area is 133 Å². The first-order valence-corrected chi connectivity index (χ1v) is 7.25. The Morgan fingerprint density at radius 3 is 2.48 bits per heavy atom. The maximum Gasteiger partial charge on any atom is 0.292 e. The zero-order valence-electron chi connectivity index (χ0n) is 12.4. The van der Waals surface area contributed by atoms with Crippen LogP contribution in [0.15, 0.2) is 67.0 Å². The number of rotatable bonds is 6. The van der Waals surface area contributed by atoms with Crippen molar-refractivity contribution in [3.8, 4) is 0 Å². The molecule has 0 spiro atoms. The summed E-state index contributed by atoms with van der Waals surface area (Å²) in [4.78, 5) is 10.6. The Morgan fingerprint density at radius 2 is 1.78 bits per heavy atom. The largest absolute Gasteiger partial charge is 0.375 e. The fourth-order valence-corrected chi connectivity index (χ4v) is 2.32. The lowest BCUT2D eigenvalue weighted by Crippen LogP contribution is -2.03. The summed E-state index contributed by atoms with van der Waals surface area (Å²) in [6.07, 6.45) is 3.68. The zero-order valence-corrected chi connectivity index (χ0v) is 12.4. The predicted molar refractivity (Wildman–Crippen MR) is 88.2 cm³/mol. The van der Waals surface area contributed by atoms with Crippen molar-refractivity contribution in [2.24, 2.45) is 0 Å². The lowest BCUT2D eigenvalue weighted by atomic mass is 10.1.